The van der Waals surface area contributed by atoms with Crippen LogP contribution in [0, 0.1) is 23.0 Å². The van der Waals surface area contributed by atoms with Gasteiger partial charge in [0.1, 0.15) is 5.69 Å². The Balaban J connectivity index is 2.46. The predicted molar refractivity (Wildman–Crippen MR) is 73.3 cm³/mol. The molecule has 7 heteroatoms. The van der Waals surface area contributed by atoms with Gasteiger partial charge < -0.3 is 10.6 Å². The molecular weight excluding hydrogens is 246 g/mol. The van der Waals surface area contributed by atoms with Gasteiger partial charge in [0.05, 0.1) is 4.92 Å². The lowest BCUT2D eigenvalue weighted by Crippen LogP contribution is -2.30. The Hall–Kier alpha value is -1.63. The molecule has 1 aliphatic rings. The summed E-state index contributed by atoms with van der Waals surface area (Å²) in [7, 11) is 0. The highest BCUT2D eigenvalue weighted by Crippen LogP contribution is 2.37. The van der Waals surface area contributed by atoms with E-state index in [1.807, 2.05) is 6.92 Å². The summed E-state index contributed by atoms with van der Waals surface area (Å²) in [6, 6.07) is 0.258. The minimum Gasteiger partial charge on any atom is -0.348 e. The third-order valence-corrected chi connectivity index (χ3v) is 3.82. The molecule has 2 unspecified atom stereocenters. The third-order valence-electron chi connectivity index (χ3n) is 3.82. The molecule has 2 N–H and O–H groups in total. The van der Waals surface area contributed by atoms with Gasteiger partial charge in [-0.15, -0.1) is 0 Å². The maximum absolute atomic E-state index is 11.3. The standard InChI is InChI=1S/C12H21N5O2/c1-4-16-12(11(17(18)19)9(3)14-16)15-7-10(6-13)5-8(15)2/h8,10H,4-7,13H2,1-3H3. The summed E-state index contributed by atoms with van der Waals surface area (Å²) in [6.07, 6.45) is 0.974. The Morgan fingerprint density at radius 3 is 2.74 bits per heavy atom. The van der Waals surface area contributed by atoms with Crippen LogP contribution in [-0.2, 0) is 6.54 Å². The summed E-state index contributed by atoms with van der Waals surface area (Å²) >= 11 is 0. The van der Waals surface area contributed by atoms with Crippen molar-refractivity contribution in [3.8, 4) is 0 Å². The molecule has 0 aromatic carbocycles. The largest absolute Gasteiger partial charge is 0.348 e. The lowest BCUT2D eigenvalue weighted by atomic mass is 10.1. The summed E-state index contributed by atoms with van der Waals surface area (Å²) in [5.74, 6) is 1.03. The highest BCUT2D eigenvalue weighted by molar-refractivity contribution is 5.62. The van der Waals surface area contributed by atoms with Gasteiger partial charge in [-0.1, -0.05) is 0 Å². The minimum atomic E-state index is -0.327. The van der Waals surface area contributed by atoms with Gasteiger partial charge in [0.2, 0.25) is 5.82 Å². The zero-order valence-corrected chi connectivity index (χ0v) is 11.7. The monoisotopic (exact) mass is 267 g/mol. The summed E-state index contributed by atoms with van der Waals surface area (Å²) < 4.78 is 1.73. The van der Waals surface area contributed by atoms with E-state index in [2.05, 4.69) is 16.9 Å². The summed E-state index contributed by atoms with van der Waals surface area (Å²) in [6.45, 7) is 7.73. The first-order chi connectivity index (χ1) is 8.99. The average molecular weight is 267 g/mol. The summed E-state index contributed by atoms with van der Waals surface area (Å²) in [5.41, 5.74) is 6.33. The number of anilines is 1. The van der Waals surface area contributed by atoms with Crippen LogP contribution in [-0.4, -0.2) is 33.8 Å². The lowest BCUT2D eigenvalue weighted by Gasteiger charge is -2.23. The number of rotatable bonds is 4. The van der Waals surface area contributed by atoms with Crippen molar-refractivity contribution >= 4 is 11.5 Å². The number of nitro groups is 1. The molecule has 0 radical (unpaired) electrons. The van der Waals surface area contributed by atoms with E-state index in [4.69, 9.17) is 5.73 Å². The summed E-state index contributed by atoms with van der Waals surface area (Å²) in [5, 5.41) is 15.6. The van der Waals surface area contributed by atoms with E-state index in [9.17, 15) is 10.1 Å². The second kappa shape index (κ2) is 5.16. The molecule has 106 valence electrons. The van der Waals surface area contributed by atoms with Gasteiger partial charge in [0.15, 0.2) is 0 Å². The normalized spacial score (nSPS) is 23.1. The Bertz CT molecular complexity index is 485. The van der Waals surface area contributed by atoms with Crippen LogP contribution in [0.2, 0.25) is 0 Å². The fraction of sp³-hybridized carbons (Fsp3) is 0.750. The van der Waals surface area contributed by atoms with Crippen LogP contribution in [0.1, 0.15) is 26.0 Å². The van der Waals surface area contributed by atoms with E-state index in [0.717, 1.165) is 13.0 Å². The fourth-order valence-electron chi connectivity index (χ4n) is 2.89. The van der Waals surface area contributed by atoms with E-state index in [1.165, 1.54) is 0 Å². The first-order valence-corrected chi connectivity index (χ1v) is 6.68. The maximum atomic E-state index is 11.3. The van der Waals surface area contributed by atoms with Crippen molar-refractivity contribution in [3.63, 3.8) is 0 Å². The second-order valence-corrected chi connectivity index (χ2v) is 5.17. The van der Waals surface area contributed by atoms with Crippen LogP contribution in [0.25, 0.3) is 0 Å². The molecule has 1 fully saturated rings. The molecule has 0 aliphatic carbocycles. The number of hydrogen-bond acceptors (Lipinski definition) is 5. The molecule has 1 saturated heterocycles. The second-order valence-electron chi connectivity index (χ2n) is 5.17. The van der Waals surface area contributed by atoms with Crippen molar-refractivity contribution in [2.24, 2.45) is 11.7 Å². The van der Waals surface area contributed by atoms with E-state index >= 15 is 0 Å². The Morgan fingerprint density at radius 2 is 2.26 bits per heavy atom. The molecule has 19 heavy (non-hydrogen) atoms. The van der Waals surface area contributed by atoms with Gasteiger partial charge in [-0.3, -0.25) is 10.1 Å². The highest BCUT2D eigenvalue weighted by atomic mass is 16.6. The predicted octanol–water partition coefficient (Wildman–Crippen LogP) is 1.29. The van der Waals surface area contributed by atoms with E-state index in [-0.39, 0.29) is 16.7 Å². The SMILES string of the molecule is CCn1nc(C)c([N+](=O)[O-])c1N1CC(CN)CC1C. The van der Waals surface area contributed by atoms with Crippen LogP contribution in [0.4, 0.5) is 11.5 Å². The highest BCUT2D eigenvalue weighted by Gasteiger charge is 2.36. The average Bonchev–Trinajstić information content (AvgIpc) is 2.88. The smallest absolute Gasteiger partial charge is 0.333 e. The Morgan fingerprint density at radius 1 is 1.58 bits per heavy atom. The number of nitrogens with zero attached hydrogens (tertiary/aromatic N) is 4. The molecule has 0 saturated carbocycles. The third kappa shape index (κ3) is 2.30. The molecule has 2 atom stereocenters. The molecule has 0 bridgehead atoms. The van der Waals surface area contributed by atoms with Crippen molar-refractivity contribution in [3.05, 3.63) is 15.8 Å². The first kappa shape index (κ1) is 13.8. The van der Waals surface area contributed by atoms with Gasteiger partial charge in [-0.25, -0.2) is 4.68 Å². The zero-order chi connectivity index (χ0) is 14.2. The molecule has 1 aromatic heterocycles. The van der Waals surface area contributed by atoms with Crippen LogP contribution in [0.3, 0.4) is 0 Å². The fourth-order valence-corrected chi connectivity index (χ4v) is 2.89. The maximum Gasteiger partial charge on any atom is 0.333 e. The Labute approximate surface area is 112 Å². The zero-order valence-electron chi connectivity index (χ0n) is 11.7. The molecule has 0 spiro atoms. The van der Waals surface area contributed by atoms with Gasteiger partial charge >= 0.3 is 5.69 Å². The van der Waals surface area contributed by atoms with E-state index < -0.39 is 0 Å². The minimum absolute atomic E-state index is 0.131. The van der Waals surface area contributed by atoms with Crippen molar-refractivity contribution in [2.75, 3.05) is 18.0 Å². The number of hydrogen-bond donors (Lipinski definition) is 1. The first-order valence-electron chi connectivity index (χ1n) is 6.68. The van der Waals surface area contributed by atoms with Gasteiger partial charge in [-0.05, 0) is 39.7 Å². The molecule has 2 heterocycles. The number of aromatic nitrogens is 2. The molecule has 0 amide bonds. The molecule has 7 nitrogen and oxygen atoms in total. The molecular formula is C12H21N5O2. The number of nitrogens with two attached hydrogens (primary N) is 1. The van der Waals surface area contributed by atoms with Gasteiger partial charge in [0.25, 0.3) is 0 Å². The van der Waals surface area contributed by atoms with E-state index in [1.54, 1.807) is 11.6 Å². The van der Waals surface area contributed by atoms with Crippen LogP contribution < -0.4 is 10.6 Å². The molecule has 1 aromatic rings. The van der Waals surface area contributed by atoms with E-state index in [0.29, 0.717) is 30.5 Å². The number of aryl methyl sites for hydroxylation is 2. The van der Waals surface area contributed by atoms with Crippen molar-refractivity contribution in [1.29, 1.82) is 0 Å². The van der Waals surface area contributed by atoms with Crippen molar-refractivity contribution in [1.82, 2.24) is 9.78 Å². The topological polar surface area (TPSA) is 90.2 Å². The van der Waals surface area contributed by atoms with Crippen LogP contribution in [0.15, 0.2) is 0 Å². The van der Waals surface area contributed by atoms with Crippen LogP contribution in [0.5, 0.6) is 0 Å². The quantitative estimate of drug-likeness (QED) is 0.655. The lowest BCUT2D eigenvalue weighted by molar-refractivity contribution is -0.384. The Kier molecular flexibility index (Phi) is 3.75. The van der Waals surface area contributed by atoms with Crippen LogP contribution >= 0.6 is 0 Å². The molecule has 1 aliphatic heterocycles. The van der Waals surface area contributed by atoms with Gasteiger partial charge in [0, 0.05) is 19.1 Å². The summed E-state index contributed by atoms with van der Waals surface area (Å²) in [4.78, 5) is 13.0. The van der Waals surface area contributed by atoms with Gasteiger partial charge in [-0.2, -0.15) is 5.10 Å². The van der Waals surface area contributed by atoms with Crippen molar-refractivity contribution < 1.29 is 4.92 Å². The molecule has 2 rings (SSSR count). The van der Waals surface area contributed by atoms with Crippen molar-refractivity contribution in [2.45, 2.75) is 39.8 Å².